The number of hydrogen-bond acceptors (Lipinski definition) is 2. The summed E-state index contributed by atoms with van der Waals surface area (Å²) in [5, 5.41) is 5.17. The first-order valence-corrected chi connectivity index (χ1v) is 7.16. The van der Waals surface area contributed by atoms with E-state index < -0.39 is 23.5 Å². The average Bonchev–Trinajstić information content (AvgIpc) is 3.28. The van der Waals surface area contributed by atoms with Gasteiger partial charge in [-0.05, 0) is 42.8 Å². The maximum atomic E-state index is 13.1. The predicted octanol–water partition coefficient (Wildman–Crippen LogP) is 3.18. The van der Waals surface area contributed by atoms with E-state index in [9.17, 15) is 18.4 Å². The average molecular weight is 316 g/mol. The van der Waals surface area contributed by atoms with Gasteiger partial charge < -0.3 is 10.6 Å². The summed E-state index contributed by atoms with van der Waals surface area (Å²) < 4.78 is 26.1. The van der Waals surface area contributed by atoms with Crippen molar-refractivity contribution in [3.63, 3.8) is 0 Å². The zero-order valence-electron chi connectivity index (χ0n) is 12.1. The number of carbonyl (C=O) groups is 2. The minimum absolute atomic E-state index is 0.324. The highest BCUT2D eigenvalue weighted by atomic mass is 19.1. The molecule has 4 nitrogen and oxygen atoms in total. The fourth-order valence-electron chi connectivity index (χ4n) is 2.38. The van der Waals surface area contributed by atoms with Crippen molar-refractivity contribution in [3.8, 4) is 0 Å². The third kappa shape index (κ3) is 3.71. The van der Waals surface area contributed by atoms with Crippen LogP contribution in [0.4, 0.5) is 20.2 Å². The molecule has 1 fully saturated rings. The summed E-state index contributed by atoms with van der Waals surface area (Å²) in [6.07, 6.45) is 0.419. The second kappa shape index (κ2) is 6.16. The number of rotatable bonds is 4. The second-order valence-electron chi connectivity index (χ2n) is 5.45. The van der Waals surface area contributed by atoms with Gasteiger partial charge in [-0.25, -0.2) is 8.78 Å². The smallest absolute Gasteiger partial charge is 0.228 e. The van der Waals surface area contributed by atoms with E-state index in [0.717, 1.165) is 0 Å². The lowest BCUT2D eigenvalue weighted by Gasteiger charge is -2.06. The fraction of sp³-hybridized carbons (Fsp3) is 0.176. The molecule has 0 aromatic heterocycles. The van der Waals surface area contributed by atoms with Crippen molar-refractivity contribution in [2.45, 2.75) is 6.42 Å². The van der Waals surface area contributed by atoms with Gasteiger partial charge in [-0.15, -0.1) is 0 Å². The van der Waals surface area contributed by atoms with Crippen molar-refractivity contribution < 1.29 is 18.4 Å². The Morgan fingerprint density at radius 3 is 1.65 bits per heavy atom. The molecular formula is C17H14F2N2O2. The van der Waals surface area contributed by atoms with Crippen LogP contribution >= 0.6 is 0 Å². The Labute approximate surface area is 131 Å². The van der Waals surface area contributed by atoms with E-state index in [4.69, 9.17) is 0 Å². The lowest BCUT2D eigenvalue weighted by atomic mass is 10.2. The summed E-state index contributed by atoms with van der Waals surface area (Å²) >= 11 is 0. The van der Waals surface area contributed by atoms with Crippen molar-refractivity contribution in [1.82, 2.24) is 0 Å². The summed E-state index contributed by atoms with van der Waals surface area (Å²) in [6, 6.07) is 11.1. The molecule has 0 saturated heterocycles. The molecular weight excluding hydrogens is 302 g/mol. The molecule has 23 heavy (non-hydrogen) atoms. The van der Waals surface area contributed by atoms with Crippen LogP contribution in [0.5, 0.6) is 0 Å². The van der Waals surface area contributed by atoms with Crippen molar-refractivity contribution >= 4 is 23.2 Å². The van der Waals surface area contributed by atoms with Gasteiger partial charge in [0.05, 0.1) is 11.8 Å². The van der Waals surface area contributed by atoms with E-state index in [1.165, 1.54) is 36.4 Å². The molecule has 0 aliphatic heterocycles. The summed E-state index contributed by atoms with van der Waals surface area (Å²) in [5.74, 6) is -2.44. The van der Waals surface area contributed by atoms with E-state index in [0.29, 0.717) is 17.8 Å². The van der Waals surface area contributed by atoms with Crippen LogP contribution < -0.4 is 10.6 Å². The van der Waals surface area contributed by atoms with Gasteiger partial charge in [0.1, 0.15) is 11.6 Å². The van der Waals surface area contributed by atoms with Crippen LogP contribution in [-0.2, 0) is 9.59 Å². The first-order chi connectivity index (χ1) is 11.0. The molecule has 1 aliphatic carbocycles. The Balaban J connectivity index is 1.56. The number of benzene rings is 2. The number of halogens is 2. The molecule has 1 aliphatic rings. The van der Waals surface area contributed by atoms with Gasteiger partial charge in [-0.3, -0.25) is 9.59 Å². The number of amides is 2. The van der Waals surface area contributed by atoms with Gasteiger partial charge in [0.15, 0.2) is 0 Å². The Hall–Kier alpha value is -2.76. The highest BCUT2D eigenvalue weighted by Gasteiger charge is 2.48. The normalized spacial score (nSPS) is 19.0. The van der Waals surface area contributed by atoms with Gasteiger partial charge in [-0.2, -0.15) is 0 Å². The lowest BCUT2D eigenvalue weighted by Crippen LogP contribution is -2.20. The monoisotopic (exact) mass is 316 g/mol. The Kier molecular flexibility index (Phi) is 4.06. The molecule has 1 saturated carbocycles. The lowest BCUT2D eigenvalue weighted by molar-refractivity contribution is -0.122. The van der Waals surface area contributed by atoms with E-state index in [-0.39, 0.29) is 11.8 Å². The first-order valence-electron chi connectivity index (χ1n) is 7.16. The zero-order chi connectivity index (χ0) is 16.4. The first kappa shape index (κ1) is 15.1. The van der Waals surface area contributed by atoms with Crippen LogP contribution in [0, 0.1) is 23.5 Å². The van der Waals surface area contributed by atoms with Gasteiger partial charge in [-0.1, -0.05) is 12.1 Å². The molecule has 0 spiro atoms. The summed E-state index contributed by atoms with van der Waals surface area (Å²) in [4.78, 5) is 24.1. The van der Waals surface area contributed by atoms with E-state index in [2.05, 4.69) is 10.6 Å². The molecule has 2 unspecified atom stereocenters. The molecule has 0 bridgehead atoms. The molecule has 2 N–H and O–H groups in total. The largest absolute Gasteiger partial charge is 0.326 e. The molecule has 0 radical (unpaired) electrons. The van der Waals surface area contributed by atoms with Crippen LogP contribution in [0.25, 0.3) is 0 Å². The second-order valence-corrected chi connectivity index (χ2v) is 5.45. The van der Waals surface area contributed by atoms with Crippen LogP contribution in [-0.4, -0.2) is 11.8 Å². The summed E-state index contributed by atoms with van der Waals surface area (Å²) in [6.45, 7) is 0. The Morgan fingerprint density at radius 1 is 0.826 bits per heavy atom. The molecule has 2 aromatic carbocycles. The molecule has 2 aromatic rings. The van der Waals surface area contributed by atoms with Crippen molar-refractivity contribution in [2.75, 3.05) is 10.6 Å². The van der Waals surface area contributed by atoms with E-state index >= 15 is 0 Å². The number of carbonyl (C=O) groups excluding carboxylic acids is 2. The minimum atomic E-state index is -0.452. The molecule has 6 heteroatoms. The predicted molar refractivity (Wildman–Crippen MR) is 81.7 cm³/mol. The maximum Gasteiger partial charge on any atom is 0.228 e. The van der Waals surface area contributed by atoms with Crippen LogP contribution in [0.2, 0.25) is 0 Å². The Morgan fingerprint density at radius 2 is 1.26 bits per heavy atom. The SMILES string of the molecule is O=C(Nc1cccc(F)c1)C1CC1C(=O)Nc1cccc(F)c1. The molecule has 0 heterocycles. The maximum absolute atomic E-state index is 13.1. The van der Waals surface area contributed by atoms with E-state index in [1.54, 1.807) is 12.1 Å². The zero-order valence-corrected chi connectivity index (χ0v) is 12.1. The third-order valence-electron chi connectivity index (χ3n) is 3.65. The highest BCUT2D eigenvalue weighted by molar-refractivity contribution is 6.03. The summed E-state index contributed by atoms with van der Waals surface area (Å²) in [5.41, 5.74) is 0.706. The quantitative estimate of drug-likeness (QED) is 0.910. The summed E-state index contributed by atoms with van der Waals surface area (Å²) in [7, 11) is 0. The fourth-order valence-corrected chi connectivity index (χ4v) is 2.38. The minimum Gasteiger partial charge on any atom is -0.326 e. The molecule has 2 atom stereocenters. The van der Waals surface area contributed by atoms with Gasteiger partial charge in [0, 0.05) is 11.4 Å². The molecule has 118 valence electrons. The molecule has 2 amide bonds. The van der Waals surface area contributed by atoms with Gasteiger partial charge >= 0.3 is 0 Å². The van der Waals surface area contributed by atoms with Crippen LogP contribution in [0.3, 0.4) is 0 Å². The highest BCUT2D eigenvalue weighted by Crippen LogP contribution is 2.40. The number of hydrogen-bond donors (Lipinski definition) is 2. The van der Waals surface area contributed by atoms with E-state index in [1.807, 2.05) is 0 Å². The third-order valence-corrected chi connectivity index (χ3v) is 3.65. The number of anilines is 2. The molecule has 3 rings (SSSR count). The standard InChI is InChI=1S/C17H14F2N2O2/c18-10-3-1-5-12(7-10)20-16(22)14-9-15(14)17(23)21-13-6-2-4-11(19)8-13/h1-8,14-15H,9H2,(H,20,22)(H,21,23). The topological polar surface area (TPSA) is 58.2 Å². The van der Waals surface area contributed by atoms with Gasteiger partial charge in [0.25, 0.3) is 0 Å². The Bertz CT molecular complexity index is 700. The van der Waals surface area contributed by atoms with Crippen molar-refractivity contribution in [3.05, 3.63) is 60.2 Å². The van der Waals surface area contributed by atoms with Crippen LogP contribution in [0.1, 0.15) is 6.42 Å². The van der Waals surface area contributed by atoms with Crippen molar-refractivity contribution in [2.24, 2.45) is 11.8 Å². The van der Waals surface area contributed by atoms with Gasteiger partial charge in [0.2, 0.25) is 11.8 Å². The van der Waals surface area contributed by atoms with Crippen LogP contribution in [0.15, 0.2) is 48.5 Å². The van der Waals surface area contributed by atoms with Crippen molar-refractivity contribution in [1.29, 1.82) is 0 Å². The number of nitrogens with one attached hydrogen (secondary N) is 2.